The Morgan fingerprint density at radius 2 is 1.92 bits per heavy atom. The zero-order valence-electron chi connectivity index (χ0n) is 21.3. The van der Waals surface area contributed by atoms with Gasteiger partial charge in [0.25, 0.3) is 0 Å². The van der Waals surface area contributed by atoms with Crippen molar-refractivity contribution in [3.8, 4) is 11.4 Å². The number of nitrogens with one attached hydrogen (secondary N) is 2. The van der Waals surface area contributed by atoms with Gasteiger partial charge in [0.15, 0.2) is 0 Å². The number of piperazine rings is 1. The first-order valence-corrected chi connectivity index (χ1v) is 12.9. The summed E-state index contributed by atoms with van der Waals surface area (Å²) in [6, 6.07) is 5.74. The van der Waals surface area contributed by atoms with Crippen molar-refractivity contribution in [3.63, 3.8) is 0 Å². The van der Waals surface area contributed by atoms with Crippen LogP contribution in [0.15, 0.2) is 35.3 Å². The summed E-state index contributed by atoms with van der Waals surface area (Å²) in [6.45, 7) is 5.31. The fourth-order valence-electron chi connectivity index (χ4n) is 4.95. The summed E-state index contributed by atoms with van der Waals surface area (Å²) in [6.07, 6.45) is 0.00554. The number of carbonyl (C=O) groups is 1. The number of alkyl halides is 3. The topological polar surface area (TPSA) is 118 Å². The van der Waals surface area contributed by atoms with E-state index >= 15 is 0 Å². The van der Waals surface area contributed by atoms with Crippen molar-refractivity contribution in [2.45, 2.75) is 57.6 Å². The number of nitrogens with two attached hydrogens (primary N) is 1. The van der Waals surface area contributed by atoms with E-state index in [1.807, 2.05) is 6.92 Å². The molecule has 10 nitrogen and oxygen atoms in total. The Morgan fingerprint density at radius 1 is 1.21 bits per heavy atom. The standard InChI is InChI=1S/C25H34F3N7O3/c1-2-33(19-7-4-18(29)5-8-19)16-17-3-6-20(15-21(17)38-25(26,27)28)35-12-9-22(32-24(35)37)31-23(36)34-13-10-30-11-14-34/h3,6,9,12,15,18-19,30H,2,4-5,7-8,10-11,13-14,16,29H2,1H3,(H,31,32,36,37). The minimum Gasteiger partial charge on any atom is -0.405 e. The fourth-order valence-corrected chi connectivity index (χ4v) is 4.95. The van der Waals surface area contributed by atoms with Gasteiger partial charge in [-0.05, 0) is 44.4 Å². The summed E-state index contributed by atoms with van der Waals surface area (Å²) in [7, 11) is 0. The Morgan fingerprint density at radius 3 is 2.55 bits per heavy atom. The molecule has 0 radical (unpaired) electrons. The van der Waals surface area contributed by atoms with Crippen molar-refractivity contribution in [2.75, 3.05) is 38.0 Å². The van der Waals surface area contributed by atoms with E-state index < -0.39 is 12.1 Å². The molecular formula is C25H34F3N7O3. The maximum absolute atomic E-state index is 13.3. The largest absolute Gasteiger partial charge is 0.573 e. The highest BCUT2D eigenvalue weighted by atomic mass is 19.4. The van der Waals surface area contributed by atoms with Crippen molar-refractivity contribution in [1.29, 1.82) is 0 Å². The molecule has 2 heterocycles. The van der Waals surface area contributed by atoms with Crippen LogP contribution >= 0.6 is 0 Å². The van der Waals surface area contributed by atoms with Gasteiger partial charge in [0.2, 0.25) is 0 Å². The third-order valence-electron chi connectivity index (χ3n) is 7.03. The van der Waals surface area contributed by atoms with E-state index in [1.54, 1.807) is 17.0 Å². The van der Waals surface area contributed by atoms with Crippen molar-refractivity contribution in [2.24, 2.45) is 5.73 Å². The molecule has 4 rings (SSSR count). The third kappa shape index (κ3) is 7.23. The number of benzene rings is 1. The van der Waals surface area contributed by atoms with Gasteiger partial charge in [0.05, 0.1) is 5.69 Å². The molecule has 4 N–H and O–H groups in total. The quantitative estimate of drug-likeness (QED) is 0.497. The highest BCUT2D eigenvalue weighted by Gasteiger charge is 2.33. The molecule has 0 spiro atoms. The van der Waals surface area contributed by atoms with Crippen LogP contribution in [-0.2, 0) is 6.54 Å². The number of hydrogen-bond acceptors (Lipinski definition) is 7. The van der Waals surface area contributed by atoms with Crippen molar-refractivity contribution in [1.82, 2.24) is 24.7 Å². The highest BCUT2D eigenvalue weighted by molar-refractivity contribution is 5.88. The Labute approximate surface area is 218 Å². The lowest BCUT2D eigenvalue weighted by Gasteiger charge is -2.35. The molecule has 1 aromatic carbocycles. The maximum Gasteiger partial charge on any atom is 0.573 e. The second-order valence-electron chi connectivity index (χ2n) is 9.60. The molecule has 2 aromatic rings. The van der Waals surface area contributed by atoms with Crippen molar-refractivity contribution >= 4 is 11.8 Å². The smallest absolute Gasteiger partial charge is 0.405 e. The molecule has 0 atom stereocenters. The minimum atomic E-state index is -4.90. The molecule has 2 amide bonds. The van der Waals surface area contributed by atoms with Crippen LogP contribution in [0.25, 0.3) is 5.69 Å². The number of rotatable bonds is 7. The van der Waals surface area contributed by atoms with E-state index in [0.717, 1.165) is 30.3 Å². The average Bonchev–Trinajstić information content (AvgIpc) is 2.88. The number of hydrogen-bond donors (Lipinski definition) is 3. The lowest BCUT2D eigenvalue weighted by Crippen LogP contribution is -2.48. The summed E-state index contributed by atoms with van der Waals surface area (Å²) in [5, 5.41) is 5.74. The van der Waals surface area contributed by atoms with Crippen molar-refractivity contribution in [3.05, 3.63) is 46.5 Å². The van der Waals surface area contributed by atoms with Gasteiger partial charge >= 0.3 is 18.1 Å². The number of urea groups is 1. The summed E-state index contributed by atoms with van der Waals surface area (Å²) < 4.78 is 45.4. The molecule has 208 valence electrons. The number of halogens is 3. The van der Waals surface area contributed by atoms with E-state index in [2.05, 4.69) is 25.3 Å². The first-order valence-electron chi connectivity index (χ1n) is 12.9. The molecule has 1 aliphatic carbocycles. The van der Waals surface area contributed by atoms with Gasteiger partial charge in [-0.1, -0.05) is 13.0 Å². The average molecular weight is 538 g/mol. The molecule has 1 saturated carbocycles. The van der Waals surface area contributed by atoms with E-state index in [1.165, 1.54) is 18.3 Å². The molecule has 13 heteroatoms. The molecular weight excluding hydrogens is 503 g/mol. The van der Waals surface area contributed by atoms with Gasteiger partial charge in [-0.2, -0.15) is 4.98 Å². The normalized spacial score (nSPS) is 20.4. The fraction of sp³-hybridized carbons (Fsp3) is 0.560. The van der Waals surface area contributed by atoms with Gasteiger partial charge in [-0.3, -0.25) is 14.8 Å². The molecule has 1 saturated heterocycles. The Bertz CT molecular complexity index is 1160. The molecule has 0 unspecified atom stereocenters. The summed E-state index contributed by atoms with van der Waals surface area (Å²) in [5.74, 6) is -0.312. The second-order valence-corrected chi connectivity index (χ2v) is 9.60. The molecule has 2 fully saturated rings. The van der Waals surface area contributed by atoms with Gasteiger partial charge in [0.1, 0.15) is 11.6 Å². The number of anilines is 1. The van der Waals surface area contributed by atoms with Crippen molar-refractivity contribution < 1.29 is 22.7 Å². The summed E-state index contributed by atoms with van der Waals surface area (Å²) in [4.78, 5) is 32.8. The van der Waals surface area contributed by atoms with Crippen LogP contribution in [-0.4, -0.2) is 76.6 Å². The van der Waals surface area contributed by atoms with Gasteiger partial charge < -0.3 is 20.7 Å². The number of amides is 2. The van der Waals surface area contributed by atoms with Gasteiger partial charge in [-0.25, -0.2) is 9.59 Å². The molecule has 1 aliphatic heterocycles. The van der Waals surface area contributed by atoms with E-state index in [-0.39, 0.29) is 41.9 Å². The van der Waals surface area contributed by atoms with Crippen LogP contribution in [0.2, 0.25) is 0 Å². The number of ether oxygens (including phenoxy) is 1. The van der Waals surface area contributed by atoms with Crippen LogP contribution in [0.1, 0.15) is 38.2 Å². The molecule has 0 bridgehead atoms. The van der Waals surface area contributed by atoms with Crippen LogP contribution in [0.3, 0.4) is 0 Å². The summed E-state index contributed by atoms with van der Waals surface area (Å²) in [5.41, 5.74) is 5.80. The van der Waals surface area contributed by atoms with Crippen LogP contribution < -0.4 is 26.8 Å². The summed E-state index contributed by atoms with van der Waals surface area (Å²) >= 11 is 0. The maximum atomic E-state index is 13.3. The van der Waals surface area contributed by atoms with Crippen LogP contribution in [0, 0.1) is 0 Å². The lowest BCUT2D eigenvalue weighted by atomic mass is 9.90. The molecule has 38 heavy (non-hydrogen) atoms. The lowest BCUT2D eigenvalue weighted by molar-refractivity contribution is -0.275. The van der Waals surface area contributed by atoms with E-state index in [4.69, 9.17) is 5.73 Å². The predicted octanol–water partition coefficient (Wildman–Crippen LogP) is 2.66. The zero-order chi connectivity index (χ0) is 27.3. The third-order valence-corrected chi connectivity index (χ3v) is 7.03. The Kier molecular flexibility index (Phi) is 8.90. The number of nitrogens with zero attached hydrogens (tertiary/aromatic N) is 4. The predicted molar refractivity (Wildman–Crippen MR) is 136 cm³/mol. The number of carbonyl (C=O) groups excluding carboxylic acids is 1. The second kappa shape index (κ2) is 12.1. The van der Waals surface area contributed by atoms with Gasteiger partial charge in [-0.15, -0.1) is 13.2 Å². The molecule has 1 aromatic heterocycles. The Hall–Kier alpha value is -3.16. The SMILES string of the molecule is CCN(Cc1ccc(-n2ccc(NC(=O)N3CCNCC3)nc2=O)cc1OC(F)(F)F)C1CCC(N)CC1. The minimum absolute atomic E-state index is 0.0592. The first kappa shape index (κ1) is 27.9. The van der Waals surface area contributed by atoms with Gasteiger partial charge in [0, 0.05) is 62.6 Å². The first-order chi connectivity index (χ1) is 18.1. The highest BCUT2D eigenvalue weighted by Crippen LogP contribution is 2.31. The monoisotopic (exact) mass is 537 g/mol. The van der Waals surface area contributed by atoms with Crippen LogP contribution in [0.4, 0.5) is 23.8 Å². The molecule has 2 aliphatic rings. The number of aromatic nitrogens is 2. The zero-order valence-corrected chi connectivity index (χ0v) is 21.3. The van der Waals surface area contributed by atoms with Crippen LogP contribution in [0.5, 0.6) is 5.75 Å². The van der Waals surface area contributed by atoms with E-state index in [0.29, 0.717) is 38.3 Å². The Balaban J connectivity index is 1.54. The van der Waals surface area contributed by atoms with E-state index in [9.17, 15) is 22.8 Å².